The molecule has 0 aliphatic heterocycles. The second-order valence-electron chi connectivity index (χ2n) is 3.41. The molecule has 88 valence electrons. The summed E-state index contributed by atoms with van der Waals surface area (Å²) in [4.78, 5) is 11.0. The first kappa shape index (κ1) is 12.5. The second-order valence-corrected chi connectivity index (χ2v) is 3.41. The van der Waals surface area contributed by atoms with Crippen molar-refractivity contribution in [1.29, 1.82) is 0 Å². The fourth-order valence-electron chi connectivity index (χ4n) is 1.40. The smallest absolute Gasteiger partial charge is 0.221 e. The standard InChI is InChI=1S/C12H18N2O2/c1-13-12(15)7-8-14-9-10-5-3-4-6-11(10)16-2/h3-6,14H,7-9H2,1-2H3,(H,13,15). The van der Waals surface area contributed by atoms with Crippen LogP contribution >= 0.6 is 0 Å². The molecule has 0 fully saturated rings. The Hall–Kier alpha value is -1.55. The number of benzene rings is 1. The van der Waals surface area contributed by atoms with E-state index in [1.807, 2.05) is 24.3 Å². The zero-order valence-corrected chi connectivity index (χ0v) is 9.75. The molecule has 0 spiro atoms. The van der Waals surface area contributed by atoms with Crippen LogP contribution < -0.4 is 15.4 Å². The largest absolute Gasteiger partial charge is 0.496 e. The molecule has 2 N–H and O–H groups in total. The Labute approximate surface area is 96.0 Å². The van der Waals surface area contributed by atoms with Gasteiger partial charge in [-0.1, -0.05) is 18.2 Å². The molecule has 1 rings (SSSR count). The number of hydrogen-bond acceptors (Lipinski definition) is 3. The number of nitrogens with one attached hydrogen (secondary N) is 2. The molecular weight excluding hydrogens is 204 g/mol. The van der Waals surface area contributed by atoms with Crippen LogP contribution in [0.25, 0.3) is 0 Å². The lowest BCUT2D eigenvalue weighted by Crippen LogP contribution is -2.24. The third-order valence-corrected chi connectivity index (χ3v) is 2.32. The molecule has 0 aromatic heterocycles. The molecule has 1 amide bonds. The maximum atomic E-state index is 11.0. The molecule has 1 aromatic carbocycles. The molecule has 1 aromatic rings. The topological polar surface area (TPSA) is 50.4 Å². The number of amides is 1. The molecule has 0 atom stereocenters. The lowest BCUT2D eigenvalue weighted by atomic mass is 10.2. The fraction of sp³-hybridized carbons (Fsp3) is 0.417. The summed E-state index contributed by atoms with van der Waals surface area (Å²) in [7, 11) is 3.30. The van der Waals surface area contributed by atoms with Crippen molar-refractivity contribution in [2.45, 2.75) is 13.0 Å². The summed E-state index contributed by atoms with van der Waals surface area (Å²) in [6.07, 6.45) is 0.492. The minimum Gasteiger partial charge on any atom is -0.496 e. The monoisotopic (exact) mass is 222 g/mol. The van der Waals surface area contributed by atoms with Gasteiger partial charge in [-0.25, -0.2) is 0 Å². The van der Waals surface area contributed by atoms with E-state index in [-0.39, 0.29) is 5.91 Å². The summed E-state index contributed by atoms with van der Waals surface area (Å²) < 4.78 is 5.23. The van der Waals surface area contributed by atoms with Gasteiger partial charge >= 0.3 is 0 Å². The molecule has 4 heteroatoms. The van der Waals surface area contributed by atoms with E-state index >= 15 is 0 Å². The van der Waals surface area contributed by atoms with E-state index in [0.29, 0.717) is 19.5 Å². The number of ether oxygens (including phenoxy) is 1. The Bertz CT molecular complexity index is 340. The molecule has 0 radical (unpaired) electrons. The summed E-state index contributed by atoms with van der Waals surface area (Å²) in [5.41, 5.74) is 1.10. The van der Waals surface area contributed by atoms with Crippen LogP contribution in [0.5, 0.6) is 5.75 Å². The Balaban J connectivity index is 2.34. The van der Waals surface area contributed by atoms with Crippen molar-refractivity contribution in [3.05, 3.63) is 29.8 Å². The van der Waals surface area contributed by atoms with Gasteiger partial charge in [-0.05, 0) is 6.07 Å². The molecule has 16 heavy (non-hydrogen) atoms. The van der Waals surface area contributed by atoms with E-state index < -0.39 is 0 Å². The number of methoxy groups -OCH3 is 1. The highest BCUT2D eigenvalue weighted by molar-refractivity contribution is 5.75. The maximum Gasteiger partial charge on any atom is 0.221 e. The average molecular weight is 222 g/mol. The Morgan fingerprint density at radius 3 is 2.81 bits per heavy atom. The van der Waals surface area contributed by atoms with Gasteiger partial charge < -0.3 is 15.4 Å². The van der Waals surface area contributed by atoms with Crippen molar-refractivity contribution in [3.63, 3.8) is 0 Å². The molecule has 0 heterocycles. The van der Waals surface area contributed by atoms with Crippen molar-refractivity contribution in [3.8, 4) is 5.75 Å². The zero-order chi connectivity index (χ0) is 11.8. The summed E-state index contributed by atoms with van der Waals surface area (Å²) >= 11 is 0. The summed E-state index contributed by atoms with van der Waals surface area (Å²) in [6, 6.07) is 7.84. The van der Waals surface area contributed by atoms with Gasteiger partial charge in [0.1, 0.15) is 5.75 Å². The van der Waals surface area contributed by atoms with Crippen LogP contribution in [0, 0.1) is 0 Å². The zero-order valence-electron chi connectivity index (χ0n) is 9.75. The van der Waals surface area contributed by atoms with Crippen LogP contribution in [0.4, 0.5) is 0 Å². The molecule has 0 unspecified atom stereocenters. The quantitative estimate of drug-likeness (QED) is 0.704. The molecule has 0 aliphatic carbocycles. The van der Waals surface area contributed by atoms with Gasteiger partial charge in [0.15, 0.2) is 0 Å². The van der Waals surface area contributed by atoms with Crippen molar-refractivity contribution in [2.24, 2.45) is 0 Å². The second kappa shape index (κ2) is 6.85. The highest BCUT2D eigenvalue weighted by Gasteiger charge is 2.01. The van der Waals surface area contributed by atoms with Crippen LogP contribution in [0.1, 0.15) is 12.0 Å². The highest BCUT2D eigenvalue weighted by Crippen LogP contribution is 2.16. The minimum atomic E-state index is 0.0486. The van der Waals surface area contributed by atoms with Crippen molar-refractivity contribution in [2.75, 3.05) is 20.7 Å². The number of rotatable bonds is 6. The number of hydrogen-bond donors (Lipinski definition) is 2. The molecule has 4 nitrogen and oxygen atoms in total. The maximum absolute atomic E-state index is 11.0. The fourth-order valence-corrected chi connectivity index (χ4v) is 1.40. The first-order valence-electron chi connectivity index (χ1n) is 5.31. The van der Waals surface area contributed by atoms with Crippen LogP contribution in [-0.2, 0) is 11.3 Å². The average Bonchev–Trinajstić information content (AvgIpc) is 2.34. The van der Waals surface area contributed by atoms with Gasteiger partial charge in [0, 0.05) is 32.1 Å². The van der Waals surface area contributed by atoms with E-state index in [4.69, 9.17) is 4.74 Å². The predicted molar refractivity (Wildman–Crippen MR) is 63.4 cm³/mol. The summed E-state index contributed by atoms with van der Waals surface area (Å²) in [6.45, 7) is 1.37. The van der Waals surface area contributed by atoms with E-state index in [1.165, 1.54) is 0 Å². The van der Waals surface area contributed by atoms with Crippen LogP contribution in [0.15, 0.2) is 24.3 Å². The molecular formula is C12H18N2O2. The van der Waals surface area contributed by atoms with Crippen LogP contribution in [0.3, 0.4) is 0 Å². The van der Waals surface area contributed by atoms with Gasteiger partial charge in [-0.15, -0.1) is 0 Å². The molecule has 0 saturated carbocycles. The highest BCUT2D eigenvalue weighted by atomic mass is 16.5. The third kappa shape index (κ3) is 3.90. The Kier molecular flexibility index (Phi) is 5.36. The lowest BCUT2D eigenvalue weighted by molar-refractivity contribution is -0.120. The predicted octanol–water partition coefficient (Wildman–Crippen LogP) is 0.921. The van der Waals surface area contributed by atoms with Gasteiger partial charge in [0.25, 0.3) is 0 Å². The first-order valence-corrected chi connectivity index (χ1v) is 5.31. The molecule has 0 saturated heterocycles. The Morgan fingerprint density at radius 1 is 1.38 bits per heavy atom. The number of para-hydroxylation sites is 1. The normalized spacial score (nSPS) is 9.88. The summed E-state index contributed by atoms with van der Waals surface area (Å²) in [5.74, 6) is 0.919. The van der Waals surface area contributed by atoms with E-state index in [1.54, 1.807) is 14.2 Å². The van der Waals surface area contributed by atoms with Crippen molar-refractivity contribution >= 4 is 5.91 Å². The lowest BCUT2D eigenvalue weighted by Gasteiger charge is -2.08. The Morgan fingerprint density at radius 2 is 2.12 bits per heavy atom. The van der Waals surface area contributed by atoms with Crippen molar-refractivity contribution < 1.29 is 9.53 Å². The van der Waals surface area contributed by atoms with Gasteiger partial charge in [0.05, 0.1) is 7.11 Å². The van der Waals surface area contributed by atoms with Crippen LogP contribution in [-0.4, -0.2) is 26.6 Å². The van der Waals surface area contributed by atoms with Gasteiger partial charge in [0.2, 0.25) is 5.91 Å². The SMILES string of the molecule is CNC(=O)CCNCc1ccccc1OC. The first-order chi connectivity index (χ1) is 7.77. The number of carbonyl (C=O) groups excluding carboxylic acids is 1. The van der Waals surface area contributed by atoms with Crippen molar-refractivity contribution in [1.82, 2.24) is 10.6 Å². The van der Waals surface area contributed by atoms with E-state index in [2.05, 4.69) is 10.6 Å². The number of carbonyl (C=O) groups is 1. The van der Waals surface area contributed by atoms with Crippen LogP contribution in [0.2, 0.25) is 0 Å². The van der Waals surface area contributed by atoms with Gasteiger partial charge in [-0.3, -0.25) is 4.79 Å². The minimum absolute atomic E-state index is 0.0486. The van der Waals surface area contributed by atoms with E-state index in [0.717, 1.165) is 11.3 Å². The summed E-state index contributed by atoms with van der Waals surface area (Å²) in [5, 5.41) is 5.78. The van der Waals surface area contributed by atoms with E-state index in [9.17, 15) is 4.79 Å². The molecule has 0 aliphatic rings. The van der Waals surface area contributed by atoms with Gasteiger partial charge in [-0.2, -0.15) is 0 Å². The third-order valence-electron chi connectivity index (χ3n) is 2.32. The molecule has 0 bridgehead atoms.